The topological polar surface area (TPSA) is 30.5 Å². The van der Waals surface area contributed by atoms with Crippen LogP contribution < -0.4 is 14.8 Å². The molecule has 1 heterocycles. The van der Waals surface area contributed by atoms with E-state index in [0.717, 1.165) is 30.0 Å². The Morgan fingerprint density at radius 1 is 0.950 bits per heavy atom. The van der Waals surface area contributed by atoms with Crippen molar-refractivity contribution in [1.29, 1.82) is 0 Å². The maximum absolute atomic E-state index is 5.52. The molecular weight excluding hydrogens is 250 g/mol. The van der Waals surface area contributed by atoms with Crippen LogP contribution in [0.15, 0.2) is 42.5 Å². The van der Waals surface area contributed by atoms with E-state index in [1.165, 1.54) is 11.3 Å². The van der Waals surface area contributed by atoms with E-state index in [4.69, 9.17) is 9.47 Å². The molecule has 1 atom stereocenters. The Labute approximate surface area is 119 Å². The highest BCUT2D eigenvalue weighted by atomic mass is 16.5. The van der Waals surface area contributed by atoms with Gasteiger partial charge in [0.1, 0.15) is 11.5 Å². The summed E-state index contributed by atoms with van der Waals surface area (Å²) in [4.78, 5) is 0. The van der Waals surface area contributed by atoms with Crippen LogP contribution in [0.2, 0.25) is 0 Å². The minimum atomic E-state index is 0.357. The van der Waals surface area contributed by atoms with Crippen LogP contribution in [0.25, 0.3) is 0 Å². The van der Waals surface area contributed by atoms with Crippen molar-refractivity contribution in [2.75, 3.05) is 26.1 Å². The van der Waals surface area contributed by atoms with E-state index in [2.05, 4.69) is 29.6 Å². The highest BCUT2D eigenvalue weighted by Gasteiger charge is 2.25. The lowest BCUT2D eigenvalue weighted by atomic mass is 9.87. The van der Waals surface area contributed by atoms with E-state index in [-0.39, 0.29) is 0 Å². The zero-order chi connectivity index (χ0) is 13.9. The Bertz CT molecular complexity index is 587. The van der Waals surface area contributed by atoms with Crippen LogP contribution in [0.1, 0.15) is 17.0 Å². The largest absolute Gasteiger partial charge is 0.496 e. The van der Waals surface area contributed by atoms with Crippen LogP contribution in [0.3, 0.4) is 0 Å². The molecule has 2 aromatic carbocycles. The first-order chi connectivity index (χ1) is 9.83. The zero-order valence-electron chi connectivity index (χ0n) is 11.8. The average Bonchev–Trinajstić information content (AvgIpc) is 2.53. The molecule has 20 heavy (non-hydrogen) atoms. The van der Waals surface area contributed by atoms with Gasteiger partial charge in [0.15, 0.2) is 0 Å². The predicted molar refractivity (Wildman–Crippen MR) is 80.9 cm³/mol. The van der Waals surface area contributed by atoms with Gasteiger partial charge in [0, 0.05) is 23.7 Å². The maximum atomic E-state index is 5.52. The lowest BCUT2D eigenvalue weighted by molar-refractivity contribution is 0.378. The van der Waals surface area contributed by atoms with E-state index in [1.807, 2.05) is 18.2 Å². The molecule has 0 saturated carbocycles. The number of rotatable bonds is 3. The number of ether oxygens (including phenoxy) is 2. The Hall–Kier alpha value is -2.16. The quantitative estimate of drug-likeness (QED) is 0.925. The standard InChI is InChI=1S/C17H19NO2/c1-19-15-8-5-9-16(20-2)17(15)13-10-12-6-3-4-7-14(12)18-11-13/h3-9,13,18H,10-11H2,1-2H3. The fourth-order valence-corrected chi connectivity index (χ4v) is 2.93. The van der Waals surface area contributed by atoms with Crippen LogP contribution in [-0.4, -0.2) is 20.8 Å². The molecule has 1 aliphatic heterocycles. The molecule has 0 aromatic heterocycles. The van der Waals surface area contributed by atoms with Gasteiger partial charge in [-0.3, -0.25) is 0 Å². The number of hydrogen-bond acceptors (Lipinski definition) is 3. The Balaban J connectivity index is 1.99. The predicted octanol–water partition coefficient (Wildman–Crippen LogP) is 3.46. The molecule has 3 rings (SSSR count). The summed E-state index contributed by atoms with van der Waals surface area (Å²) in [5, 5.41) is 3.50. The number of hydrogen-bond donors (Lipinski definition) is 1. The Kier molecular flexibility index (Phi) is 3.50. The molecule has 3 nitrogen and oxygen atoms in total. The fourth-order valence-electron chi connectivity index (χ4n) is 2.93. The maximum Gasteiger partial charge on any atom is 0.126 e. The van der Waals surface area contributed by atoms with E-state index in [1.54, 1.807) is 14.2 Å². The SMILES string of the molecule is COc1cccc(OC)c1C1CNc2ccccc2C1. The van der Waals surface area contributed by atoms with Gasteiger partial charge in [0.05, 0.1) is 14.2 Å². The fraction of sp³-hybridized carbons (Fsp3) is 0.294. The summed E-state index contributed by atoms with van der Waals surface area (Å²) in [6.45, 7) is 0.897. The smallest absolute Gasteiger partial charge is 0.126 e. The molecule has 0 aliphatic carbocycles. The van der Waals surface area contributed by atoms with E-state index in [9.17, 15) is 0 Å². The molecule has 3 heteroatoms. The minimum absolute atomic E-state index is 0.357. The van der Waals surface area contributed by atoms with Gasteiger partial charge >= 0.3 is 0 Å². The summed E-state index contributed by atoms with van der Waals surface area (Å²) in [5.74, 6) is 2.15. The van der Waals surface area contributed by atoms with E-state index < -0.39 is 0 Å². The van der Waals surface area contributed by atoms with Crippen molar-refractivity contribution in [3.63, 3.8) is 0 Å². The van der Waals surface area contributed by atoms with Gasteiger partial charge in [-0.05, 0) is 30.2 Å². The first-order valence-corrected chi connectivity index (χ1v) is 6.86. The lowest BCUT2D eigenvalue weighted by Gasteiger charge is -2.28. The van der Waals surface area contributed by atoms with Crippen molar-refractivity contribution in [3.05, 3.63) is 53.6 Å². The van der Waals surface area contributed by atoms with Crippen LogP contribution in [0.5, 0.6) is 11.5 Å². The average molecular weight is 269 g/mol. The van der Waals surface area contributed by atoms with Crippen molar-refractivity contribution in [1.82, 2.24) is 0 Å². The van der Waals surface area contributed by atoms with Crippen LogP contribution >= 0.6 is 0 Å². The molecule has 104 valence electrons. The first kappa shape index (κ1) is 12.9. The van der Waals surface area contributed by atoms with Crippen molar-refractivity contribution in [2.45, 2.75) is 12.3 Å². The molecule has 0 fully saturated rings. The molecule has 1 aliphatic rings. The van der Waals surface area contributed by atoms with Gasteiger partial charge in [-0.1, -0.05) is 24.3 Å². The molecule has 1 N–H and O–H groups in total. The number of benzene rings is 2. The second-order valence-corrected chi connectivity index (χ2v) is 5.02. The van der Waals surface area contributed by atoms with E-state index >= 15 is 0 Å². The second kappa shape index (κ2) is 5.45. The number of methoxy groups -OCH3 is 2. The molecule has 2 aromatic rings. The third kappa shape index (κ3) is 2.20. The third-order valence-corrected chi connectivity index (χ3v) is 3.90. The van der Waals surface area contributed by atoms with Crippen LogP contribution in [-0.2, 0) is 6.42 Å². The van der Waals surface area contributed by atoms with Gasteiger partial charge < -0.3 is 14.8 Å². The summed E-state index contributed by atoms with van der Waals surface area (Å²) in [5.41, 5.74) is 3.73. The highest BCUT2D eigenvalue weighted by Crippen LogP contribution is 2.39. The summed E-state index contributed by atoms with van der Waals surface area (Å²) in [6.07, 6.45) is 1.000. The number of anilines is 1. The number of para-hydroxylation sites is 1. The van der Waals surface area contributed by atoms with Gasteiger partial charge in [-0.25, -0.2) is 0 Å². The monoisotopic (exact) mass is 269 g/mol. The minimum Gasteiger partial charge on any atom is -0.496 e. The molecular formula is C17H19NO2. The first-order valence-electron chi connectivity index (χ1n) is 6.86. The van der Waals surface area contributed by atoms with Gasteiger partial charge in [-0.15, -0.1) is 0 Å². The van der Waals surface area contributed by atoms with Crippen molar-refractivity contribution >= 4 is 5.69 Å². The lowest BCUT2D eigenvalue weighted by Crippen LogP contribution is -2.22. The van der Waals surface area contributed by atoms with Gasteiger partial charge in [0.25, 0.3) is 0 Å². The summed E-state index contributed by atoms with van der Waals surface area (Å²) < 4.78 is 11.0. The van der Waals surface area contributed by atoms with Gasteiger partial charge in [0.2, 0.25) is 0 Å². The molecule has 1 unspecified atom stereocenters. The summed E-state index contributed by atoms with van der Waals surface area (Å²) in [7, 11) is 3.42. The highest BCUT2D eigenvalue weighted by molar-refractivity contribution is 5.57. The van der Waals surface area contributed by atoms with Gasteiger partial charge in [-0.2, -0.15) is 0 Å². The number of fused-ring (bicyclic) bond motifs is 1. The van der Waals surface area contributed by atoms with Crippen molar-refractivity contribution in [2.24, 2.45) is 0 Å². The van der Waals surface area contributed by atoms with Crippen molar-refractivity contribution in [3.8, 4) is 11.5 Å². The zero-order valence-corrected chi connectivity index (χ0v) is 11.8. The van der Waals surface area contributed by atoms with E-state index in [0.29, 0.717) is 5.92 Å². The molecule has 0 saturated heterocycles. The number of nitrogens with one attached hydrogen (secondary N) is 1. The summed E-state index contributed by atoms with van der Waals surface area (Å²) >= 11 is 0. The van der Waals surface area contributed by atoms with Crippen LogP contribution in [0.4, 0.5) is 5.69 Å². The van der Waals surface area contributed by atoms with Crippen molar-refractivity contribution < 1.29 is 9.47 Å². The van der Waals surface area contributed by atoms with Crippen LogP contribution in [0, 0.1) is 0 Å². The third-order valence-electron chi connectivity index (χ3n) is 3.90. The molecule has 0 radical (unpaired) electrons. The Morgan fingerprint density at radius 3 is 2.35 bits per heavy atom. The Morgan fingerprint density at radius 2 is 1.65 bits per heavy atom. The summed E-state index contributed by atoms with van der Waals surface area (Å²) in [6, 6.07) is 14.4. The molecule has 0 amide bonds. The molecule has 0 spiro atoms. The molecule has 0 bridgehead atoms. The normalized spacial score (nSPS) is 17.0. The second-order valence-electron chi connectivity index (χ2n) is 5.02.